The monoisotopic (exact) mass is 398 g/mol. The van der Waals surface area contributed by atoms with Gasteiger partial charge in [0.1, 0.15) is 0 Å². The molecule has 8 nitrogen and oxygen atoms in total. The van der Waals surface area contributed by atoms with Gasteiger partial charge >= 0.3 is 101 Å². The van der Waals surface area contributed by atoms with Crippen molar-refractivity contribution in [3.05, 3.63) is 0 Å². The fourth-order valence-electron chi connectivity index (χ4n) is 1.15. The molecule has 0 saturated heterocycles. The third-order valence-corrected chi connectivity index (χ3v) is 2.17. The van der Waals surface area contributed by atoms with Crippen molar-refractivity contribution in [2.24, 2.45) is 5.73 Å². The van der Waals surface area contributed by atoms with E-state index in [2.05, 4.69) is 30.2 Å². The van der Waals surface area contributed by atoms with E-state index in [4.69, 9.17) is 20.4 Å². The van der Waals surface area contributed by atoms with Gasteiger partial charge in [-0.1, -0.05) is 0 Å². The van der Waals surface area contributed by atoms with Crippen molar-refractivity contribution in [1.29, 1.82) is 0 Å². The Balaban J connectivity index is -0.000000138. The Morgan fingerprint density at radius 2 is 1.09 bits per heavy atom. The Kier molecular flexibility index (Phi) is 35.9. The first-order valence-electron chi connectivity index (χ1n) is 5.56. The van der Waals surface area contributed by atoms with Gasteiger partial charge < -0.3 is 31.1 Å². The van der Waals surface area contributed by atoms with E-state index >= 15 is 0 Å². The van der Waals surface area contributed by atoms with Gasteiger partial charge in [-0.25, -0.2) is 0 Å². The average Bonchev–Trinajstić information content (AvgIpc) is 2.24. The Morgan fingerprint density at radius 1 is 0.826 bits per heavy atom. The molecule has 0 amide bonds. The van der Waals surface area contributed by atoms with Gasteiger partial charge in [-0.3, -0.25) is 9.59 Å². The summed E-state index contributed by atoms with van der Waals surface area (Å²) in [5.74, 6) is -1.82. The Morgan fingerprint density at radius 3 is 1.26 bits per heavy atom. The maximum atomic E-state index is 10.3. The molecule has 0 aromatic rings. The number of aliphatic carboxylic acids is 2. The second-order valence-corrected chi connectivity index (χ2v) is 4.39. The van der Waals surface area contributed by atoms with Crippen molar-refractivity contribution < 1.29 is 30.0 Å². The van der Waals surface area contributed by atoms with Crippen molar-refractivity contribution in [3.63, 3.8) is 0 Å². The summed E-state index contributed by atoms with van der Waals surface area (Å²) in [5.41, 5.74) is 4.40. The summed E-state index contributed by atoms with van der Waals surface area (Å²) in [6, 6.07) is 0. The molecule has 0 unspecified atom stereocenters. The number of hydrogen-bond acceptors (Lipinski definition) is 4. The van der Waals surface area contributed by atoms with Crippen LogP contribution in [-0.4, -0.2) is 149 Å². The van der Waals surface area contributed by atoms with E-state index in [9.17, 15) is 9.59 Å². The molecule has 0 saturated carbocycles. The van der Waals surface area contributed by atoms with E-state index in [0.29, 0.717) is 25.9 Å². The zero-order chi connectivity index (χ0) is 16.1. The first kappa shape index (κ1) is 35.4. The maximum absolute atomic E-state index is 10.3. The molecule has 23 heavy (non-hydrogen) atoms. The summed E-state index contributed by atoms with van der Waals surface area (Å²) >= 11 is 8.43. The van der Waals surface area contributed by atoms with Crippen LogP contribution in [0.25, 0.3) is 0 Å². The van der Waals surface area contributed by atoms with Crippen LogP contribution in [0, 0.1) is 0 Å². The molecule has 0 atom stereocenters. The van der Waals surface area contributed by atoms with Gasteiger partial charge in [-0.05, 0) is 37.3 Å². The molecule has 0 aromatic heterocycles. The van der Waals surface area contributed by atoms with Gasteiger partial charge in [-0.15, -0.1) is 0 Å². The molecule has 0 fully saturated rings. The van der Waals surface area contributed by atoms with Crippen LogP contribution in [0.2, 0.25) is 0 Å². The molecule has 0 aromatic carbocycles. The van der Waals surface area contributed by atoms with E-state index < -0.39 is 17.1 Å². The molecule has 6 N–H and O–H groups in total. The SMILES string of the molecule is NC(O)=S.O=C(O)CCCN(CCCC(=O)O)C(O)=S.[NaH].[NaH].[NaH]. The number of thiocarbonyl (C=S) groups is 2. The van der Waals surface area contributed by atoms with Crippen LogP contribution in [0.4, 0.5) is 0 Å². The molecule has 0 aliphatic carbocycles. The molecule has 0 rings (SSSR count). The molecule has 0 bridgehead atoms. The molecular weight excluding hydrogens is 377 g/mol. The summed E-state index contributed by atoms with van der Waals surface area (Å²) in [6.45, 7) is 0.641. The fourth-order valence-corrected chi connectivity index (χ4v) is 1.33. The standard InChI is InChI=1S/C9H15NO5S.CH3NOS.3Na.3H/c11-7(12)3-1-5-10(9(15)16)6-2-4-8(13)14;2-1(3)4;;;;;;/h1-6H2,(H,11,12)(H,13,14)(H,15,16);(H3,2,3,4);;;;;;. The quantitative estimate of drug-likeness (QED) is 0.247. The third-order valence-electron chi connectivity index (χ3n) is 1.91. The topological polar surface area (TPSA) is 144 Å². The second kappa shape index (κ2) is 23.3. The number of nitrogens with zero attached hydrogens (tertiary/aromatic N) is 1. The van der Waals surface area contributed by atoms with Gasteiger partial charge in [0.25, 0.3) is 10.3 Å². The van der Waals surface area contributed by atoms with Crippen LogP contribution >= 0.6 is 24.4 Å². The molecule has 122 valence electrons. The molecular formula is C10H21N2Na3O6S2. The average molecular weight is 398 g/mol. The number of nitrogens with two attached hydrogens (primary N) is 1. The van der Waals surface area contributed by atoms with Crippen LogP contribution in [-0.2, 0) is 9.59 Å². The molecule has 0 spiro atoms. The fraction of sp³-hybridized carbons (Fsp3) is 0.600. The summed E-state index contributed by atoms with van der Waals surface area (Å²) in [7, 11) is 0. The summed E-state index contributed by atoms with van der Waals surface area (Å²) in [4.78, 5) is 21.9. The summed E-state index contributed by atoms with van der Waals surface area (Å²) in [5, 5.41) is 32.7. The predicted octanol–water partition coefficient (Wildman–Crippen LogP) is -1.30. The minimum absolute atomic E-state index is 0. The number of aliphatic hydroxyl groups is 2. The Bertz CT molecular complexity index is 339. The van der Waals surface area contributed by atoms with Gasteiger partial charge in [-0.2, -0.15) is 0 Å². The molecule has 13 heteroatoms. The van der Waals surface area contributed by atoms with Crippen LogP contribution in [0.1, 0.15) is 25.7 Å². The van der Waals surface area contributed by atoms with Gasteiger partial charge in [0.05, 0.1) is 0 Å². The molecule has 0 radical (unpaired) electrons. The number of carboxylic acids is 2. The van der Waals surface area contributed by atoms with Gasteiger partial charge in [0.15, 0.2) is 0 Å². The number of carboxylic acid groups (broad SMARTS) is 2. The van der Waals surface area contributed by atoms with Gasteiger partial charge in [0.2, 0.25) is 0 Å². The molecule has 0 aliphatic heterocycles. The van der Waals surface area contributed by atoms with E-state index in [1.807, 2.05) is 0 Å². The van der Waals surface area contributed by atoms with E-state index in [0.717, 1.165) is 0 Å². The zero-order valence-corrected chi connectivity index (χ0v) is 12.3. The summed E-state index contributed by atoms with van der Waals surface area (Å²) in [6.07, 6.45) is 0.725. The Hall–Kier alpha value is 1.32. The summed E-state index contributed by atoms with van der Waals surface area (Å²) < 4.78 is 0. The number of rotatable bonds is 8. The Labute approximate surface area is 212 Å². The third kappa shape index (κ3) is 35.3. The van der Waals surface area contributed by atoms with Crippen LogP contribution in [0.15, 0.2) is 0 Å². The minimum atomic E-state index is -0.908. The van der Waals surface area contributed by atoms with Crippen molar-refractivity contribution >= 4 is 135 Å². The number of carbonyl (C=O) groups is 2. The number of hydrogen-bond donors (Lipinski definition) is 5. The zero-order valence-electron chi connectivity index (χ0n) is 10.7. The van der Waals surface area contributed by atoms with Crippen molar-refractivity contribution in [3.8, 4) is 0 Å². The van der Waals surface area contributed by atoms with Gasteiger partial charge in [0, 0.05) is 25.9 Å². The number of aliphatic hydroxyl groups excluding tert-OH is 2. The van der Waals surface area contributed by atoms with E-state index in [1.54, 1.807) is 0 Å². The van der Waals surface area contributed by atoms with Crippen LogP contribution < -0.4 is 5.73 Å². The first-order chi connectivity index (χ1) is 9.16. The molecule has 0 heterocycles. The second-order valence-electron chi connectivity index (χ2n) is 3.60. The van der Waals surface area contributed by atoms with Crippen LogP contribution in [0.3, 0.4) is 0 Å². The van der Waals surface area contributed by atoms with E-state index in [1.165, 1.54) is 4.90 Å². The molecule has 0 aliphatic rings. The first-order valence-corrected chi connectivity index (χ1v) is 6.38. The van der Waals surface area contributed by atoms with E-state index in [-0.39, 0.29) is 107 Å². The predicted molar refractivity (Wildman–Crippen MR) is 101 cm³/mol. The normalized spacial score (nSPS) is 7.83. The van der Waals surface area contributed by atoms with Crippen molar-refractivity contribution in [1.82, 2.24) is 4.90 Å². The van der Waals surface area contributed by atoms with Crippen molar-refractivity contribution in [2.45, 2.75) is 25.7 Å². The van der Waals surface area contributed by atoms with Crippen molar-refractivity contribution in [2.75, 3.05) is 13.1 Å². The van der Waals surface area contributed by atoms with Crippen LogP contribution in [0.5, 0.6) is 0 Å².